The highest BCUT2D eigenvalue weighted by atomic mass is 19.1. The molecule has 0 aromatic heterocycles. The van der Waals surface area contributed by atoms with E-state index in [9.17, 15) is 13.6 Å². The number of rotatable bonds is 5. The third-order valence-corrected chi connectivity index (χ3v) is 3.41. The second-order valence-electron chi connectivity index (χ2n) is 4.93. The van der Waals surface area contributed by atoms with E-state index in [4.69, 9.17) is 5.11 Å². The number of hydrogen-bond donors (Lipinski definition) is 3. The van der Waals surface area contributed by atoms with Gasteiger partial charge in [-0.1, -0.05) is 0 Å². The molecule has 0 heterocycles. The lowest BCUT2D eigenvalue weighted by Crippen LogP contribution is -2.35. The van der Waals surface area contributed by atoms with Gasteiger partial charge in [-0.15, -0.1) is 0 Å². The van der Waals surface area contributed by atoms with Crippen LogP contribution in [0.4, 0.5) is 19.3 Å². The summed E-state index contributed by atoms with van der Waals surface area (Å²) in [6, 6.07) is 1.07. The topological polar surface area (TPSA) is 70.6 Å². The summed E-state index contributed by atoms with van der Waals surface area (Å²) in [6.07, 6.45) is 1.69. The van der Waals surface area contributed by atoms with Crippen LogP contribution in [0.1, 0.15) is 12.8 Å². The number of benzene rings is 1. The fourth-order valence-electron chi connectivity index (χ4n) is 1.78. The lowest BCUT2D eigenvalue weighted by molar-refractivity contribution is 0.206. The molecule has 110 valence electrons. The van der Waals surface area contributed by atoms with Crippen LogP contribution in [0, 0.1) is 17.0 Å². The molecule has 0 unspecified atom stereocenters. The molecule has 5 nitrogen and oxygen atoms in total. The van der Waals surface area contributed by atoms with Gasteiger partial charge in [0.25, 0.3) is 0 Å². The Balaban J connectivity index is 1.95. The second kappa shape index (κ2) is 5.62. The van der Waals surface area contributed by atoms with Crippen LogP contribution in [-0.4, -0.2) is 31.4 Å². The van der Waals surface area contributed by atoms with E-state index >= 15 is 0 Å². The number of aliphatic hydroxyl groups excluding tert-OH is 1. The maximum Gasteiger partial charge on any atom is 0.319 e. The summed E-state index contributed by atoms with van der Waals surface area (Å²) in [7, 11) is 1.22. The van der Waals surface area contributed by atoms with E-state index < -0.39 is 17.7 Å². The summed E-state index contributed by atoms with van der Waals surface area (Å²) in [5.41, 5.74) is -0.518. The molecule has 3 N–H and O–H groups in total. The van der Waals surface area contributed by atoms with Crippen molar-refractivity contribution in [1.29, 1.82) is 0 Å². The number of amides is 2. The van der Waals surface area contributed by atoms with E-state index in [0.717, 1.165) is 25.0 Å². The van der Waals surface area contributed by atoms with E-state index in [2.05, 4.69) is 15.4 Å². The average molecular weight is 286 g/mol. The molecule has 1 aliphatic rings. The molecule has 2 amide bonds. The first-order valence-electron chi connectivity index (χ1n) is 6.18. The first-order chi connectivity index (χ1) is 9.49. The predicted octanol–water partition coefficient (Wildman–Crippen LogP) is 1.87. The number of carbonyl (C=O) groups is 1. The number of urea groups is 1. The summed E-state index contributed by atoms with van der Waals surface area (Å²) in [5.74, 6) is -1.79. The van der Waals surface area contributed by atoms with Gasteiger partial charge in [-0.05, 0) is 12.8 Å². The van der Waals surface area contributed by atoms with Gasteiger partial charge in [-0.3, -0.25) is 0 Å². The Morgan fingerprint density at radius 1 is 1.40 bits per heavy atom. The predicted molar refractivity (Wildman–Crippen MR) is 68.7 cm³/mol. The summed E-state index contributed by atoms with van der Waals surface area (Å²) >= 11 is 0. The van der Waals surface area contributed by atoms with Gasteiger partial charge < -0.3 is 20.5 Å². The van der Waals surface area contributed by atoms with Crippen molar-refractivity contribution in [2.24, 2.45) is 5.41 Å². The molecule has 0 spiro atoms. The van der Waals surface area contributed by atoms with Crippen molar-refractivity contribution in [3.63, 3.8) is 0 Å². The van der Waals surface area contributed by atoms with E-state index in [-0.39, 0.29) is 23.5 Å². The van der Waals surface area contributed by atoms with Gasteiger partial charge in [0.1, 0.15) is 0 Å². The van der Waals surface area contributed by atoms with Crippen molar-refractivity contribution in [1.82, 2.24) is 5.32 Å². The molecule has 1 aliphatic carbocycles. The molecule has 2 rings (SSSR count). The quantitative estimate of drug-likeness (QED) is 0.774. The van der Waals surface area contributed by atoms with Crippen LogP contribution in [0.5, 0.6) is 5.75 Å². The summed E-state index contributed by atoms with van der Waals surface area (Å²) in [5, 5.41) is 13.9. The number of hydrogen-bond acceptors (Lipinski definition) is 3. The van der Waals surface area contributed by atoms with E-state index in [1.54, 1.807) is 0 Å². The van der Waals surface area contributed by atoms with Crippen LogP contribution in [0.3, 0.4) is 0 Å². The largest absolute Gasteiger partial charge is 0.494 e. The van der Waals surface area contributed by atoms with Crippen LogP contribution < -0.4 is 15.4 Å². The maximum atomic E-state index is 13.6. The second-order valence-corrected chi connectivity index (χ2v) is 4.93. The maximum absolute atomic E-state index is 13.6. The molecule has 0 aliphatic heterocycles. The molecule has 20 heavy (non-hydrogen) atoms. The average Bonchev–Trinajstić information content (AvgIpc) is 3.21. The molecule has 0 radical (unpaired) electrons. The molecular formula is C13H16F2N2O3. The third-order valence-electron chi connectivity index (χ3n) is 3.41. The number of nitrogens with one attached hydrogen (secondary N) is 2. The smallest absolute Gasteiger partial charge is 0.319 e. The lowest BCUT2D eigenvalue weighted by atomic mass is 10.1. The highest BCUT2D eigenvalue weighted by Crippen LogP contribution is 2.44. The molecule has 7 heteroatoms. The molecule has 0 bridgehead atoms. The zero-order valence-electron chi connectivity index (χ0n) is 11.0. The van der Waals surface area contributed by atoms with Gasteiger partial charge in [0, 0.05) is 24.1 Å². The van der Waals surface area contributed by atoms with Crippen molar-refractivity contribution in [2.45, 2.75) is 12.8 Å². The van der Waals surface area contributed by atoms with Gasteiger partial charge in [0.15, 0.2) is 17.4 Å². The highest BCUT2D eigenvalue weighted by Gasteiger charge is 2.42. The van der Waals surface area contributed by atoms with Crippen molar-refractivity contribution >= 4 is 11.7 Å². The zero-order valence-corrected chi connectivity index (χ0v) is 11.0. The molecule has 0 atom stereocenters. The minimum atomic E-state index is -0.790. The lowest BCUT2D eigenvalue weighted by Gasteiger charge is -2.14. The van der Waals surface area contributed by atoms with Gasteiger partial charge >= 0.3 is 6.03 Å². The normalized spacial score (nSPS) is 15.6. The number of carbonyl (C=O) groups excluding carboxylic acids is 1. The number of halogens is 2. The van der Waals surface area contributed by atoms with E-state index in [1.807, 2.05) is 0 Å². The number of aliphatic hydroxyl groups is 1. The van der Waals surface area contributed by atoms with Crippen LogP contribution >= 0.6 is 0 Å². The van der Waals surface area contributed by atoms with Gasteiger partial charge in [-0.25, -0.2) is 13.6 Å². The van der Waals surface area contributed by atoms with Crippen LogP contribution in [0.2, 0.25) is 0 Å². The Bertz CT molecular complexity index is 519. The summed E-state index contributed by atoms with van der Waals surface area (Å²) in [4.78, 5) is 11.6. The van der Waals surface area contributed by atoms with Crippen LogP contribution in [0.15, 0.2) is 12.1 Å². The molecule has 1 aromatic rings. The van der Waals surface area contributed by atoms with Crippen molar-refractivity contribution < 1.29 is 23.4 Å². The third kappa shape index (κ3) is 3.16. The Kier molecular flexibility index (Phi) is 4.08. The van der Waals surface area contributed by atoms with E-state index in [1.165, 1.54) is 7.11 Å². The fraction of sp³-hybridized carbons (Fsp3) is 0.462. The first-order valence-corrected chi connectivity index (χ1v) is 6.18. The fourth-order valence-corrected chi connectivity index (χ4v) is 1.78. The standard InChI is InChI=1S/C13H16F2N2O3/c1-20-11-5-8(14)10(4-9(11)15)17-12(19)16-6-13(7-18)2-3-13/h4-5,18H,2-3,6-7H2,1H3,(H2,16,17,19). The Hall–Kier alpha value is -1.89. The molecule has 0 saturated heterocycles. The Morgan fingerprint density at radius 2 is 2.10 bits per heavy atom. The van der Waals surface area contributed by atoms with Gasteiger partial charge in [0.2, 0.25) is 0 Å². The zero-order chi connectivity index (χ0) is 14.8. The number of ether oxygens (including phenoxy) is 1. The molecule has 1 aromatic carbocycles. The van der Waals surface area contributed by atoms with Crippen molar-refractivity contribution in [3.8, 4) is 5.75 Å². The minimum Gasteiger partial charge on any atom is -0.494 e. The number of methoxy groups -OCH3 is 1. The summed E-state index contributed by atoms with van der Waals surface area (Å²) in [6.45, 7) is 0.300. The van der Waals surface area contributed by atoms with Gasteiger partial charge in [0.05, 0.1) is 19.4 Å². The Labute approximate surface area is 114 Å². The highest BCUT2D eigenvalue weighted by molar-refractivity contribution is 5.89. The van der Waals surface area contributed by atoms with Crippen molar-refractivity contribution in [2.75, 3.05) is 25.6 Å². The molecule has 1 saturated carbocycles. The summed E-state index contributed by atoms with van der Waals surface area (Å²) < 4.78 is 31.7. The molecular weight excluding hydrogens is 270 g/mol. The van der Waals surface area contributed by atoms with Gasteiger partial charge in [-0.2, -0.15) is 0 Å². The monoisotopic (exact) mass is 286 g/mol. The van der Waals surface area contributed by atoms with E-state index in [0.29, 0.717) is 6.54 Å². The number of anilines is 1. The SMILES string of the molecule is COc1cc(F)c(NC(=O)NCC2(CO)CC2)cc1F. The van der Waals surface area contributed by atoms with Crippen molar-refractivity contribution in [3.05, 3.63) is 23.8 Å². The van der Waals surface area contributed by atoms with Crippen LogP contribution in [0.25, 0.3) is 0 Å². The minimum absolute atomic E-state index is 0.00119. The molecule has 1 fully saturated rings. The Morgan fingerprint density at radius 3 is 2.65 bits per heavy atom. The first kappa shape index (κ1) is 14.5. The van der Waals surface area contributed by atoms with Crippen LogP contribution in [-0.2, 0) is 0 Å².